The Morgan fingerprint density at radius 1 is 1.29 bits per heavy atom. The molecule has 1 aromatic carbocycles. The van der Waals surface area contributed by atoms with Gasteiger partial charge in [0.15, 0.2) is 0 Å². The number of allylic oxidation sites excluding steroid dienone is 2. The van der Waals surface area contributed by atoms with E-state index in [1.807, 2.05) is 37.3 Å². The first-order valence-corrected chi connectivity index (χ1v) is 6.12. The predicted octanol–water partition coefficient (Wildman–Crippen LogP) is 3.76. The van der Waals surface area contributed by atoms with Crippen LogP contribution in [0.5, 0.6) is 0 Å². The number of hydrogen-bond acceptors (Lipinski definition) is 1. The molecule has 1 N–H and O–H groups in total. The Bertz CT molecular complexity index is 435. The molecule has 0 aromatic heterocycles. The van der Waals surface area contributed by atoms with Crippen molar-refractivity contribution >= 4 is 11.6 Å². The van der Waals surface area contributed by atoms with Gasteiger partial charge >= 0.3 is 0 Å². The van der Waals surface area contributed by atoms with Crippen molar-refractivity contribution in [3.63, 3.8) is 0 Å². The first-order chi connectivity index (χ1) is 8.10. The quantitative estimate of drug-likeness (QED) is 0.769. The Balaban J connectivity index is 2.06. The summed E-state index contributed by atoms with van der Waals surface area (Å²) < 4.78 is 0. The maximum Gasteiger partial charge on any atom is 0.230 e. The Labute approximate surface area is 103 Å². The first kappa shape index (κ1) is 11.9. The summed E-state index contributed by atoms with van der Waals surface area (Å²) in [4.78, 5) is 12.3. The SMILES string of the molecule is CC1=CC[C@](C)(C(=O)Nc2ccccc2)CC1. The van der Waals surface area contributed by atoms with Gasteiger partial charge in [-0.2, -0.15) is 0 Å². The fourth-order valence-electron chi connectivity index (χ4n) is 2.09. The van der Waals surface area contributed by atoms with E-state index >= 15 is 0 Å². The second kappa shape index (κ2) is 4.74. The lowest BCUT2D eigenvalue weighted by Gasteiger charge is -2.30. The molecule has 0 radical (unpaired) electrons. The van der Waals surface area contributed by atoms with Crippen LogP contribution in [0.3, 0.4) is 0 Å². The van der Waals surface area contributed by atoms with Crippen molar-refractivity contribution in [1.29, 1.82) is 0 Å². The molecule has 0 saturated heterocycles. The van der Waals surface area contributed by atoms with Gasteiger partial charge in [-0.1, -0.05) is 36.8 Å². The van der Waals surface area contributed by atoms with Gasteiger partial charge in [-0.15, -0.1) is 0 Å². The topological polar surface area (TPSA) is 29.1 Å². The molecular formula is C15H19NO. The molecule has 1 aliphatic rings. The largest absolute Gasteiger partial charge is 0.326 e. The summed E-state index contributed by atoms with van der Waals surface area (Å²) in [5.74, 6) is 0.132. The molecule has 1 aromatic rings. The highest BCUT2D eigenvalue weighted by Gasteiger charge is 2.33. The molecule has 1 aliphatic carbocycles. The molecule has 0 bridgehead atoms. The summed E-state index contributed by atoms with van der Waals surface area (Å²) in [5, 5.41) is 3.00. The maximum absolute atomic E-state index is 12.3. The molecule has 1 amide bonds. The van der Waals surface area contributed by atoms with E-state index in [0.29, 0.717) is 0 Å². The second-order valence-electron chi connectivity index (χ2n) is 5.14. The van der Waals surface area contributed by atoms with Crippen molar-refractivity contribution in [2.75, 3.05) is 5.32 Å². The molecule has 0 saturated carbocycles. The van der Waals surface area contributed by atoms with Crippen LogP contribution < -0.4 is 5.32 Å². The summed E-state index contributed by atoms with van der Waals surface area (Å²) in [6.45, 7) is 4.18. The minimum Gasteiger partial charge on any atom is -0.326 e. The fourth-order valence-corrected chi connectivity index (χ4v) is 2.09. The molecule has 1 atom stereocenters. The molecule has 0 aliphatic heterocycles. The van der Waals surface area contributed by atoms with E-state index in [2.05, 4.69) is 18.3 Å². The summed E-state index contributed by atoms with van der Waals surface area (Å²) in [7, 11) is 0. The van der Waals surface area contributed by atoms with Gasteiger partial charge in [0, 0.05) is 5.69 Å². The Hall–Kier alpha value is -1.57. The number of benzene rings is 1. The number of rotatable bonds is 2. The third-order valence-corrected chi connectivity index (χ3v) is 3.55. The van der Waals surface area contributed by atoms with E-state index in [9.17, 15) is 4.79 Å². The minimum absolute atomic E-state index is 0.132. The lowest BCUT2D eigenvalue weighted by Crippen LogP contribution is -2.34. The van der Waals surface area contributed by atoms with Crippen molar-refractivity contribution < 1.29 is 4.79 Å². The average Bonchev–Trinajstić information content (AvgIpc) is 2.34. The van der Waals surface area contributed by atoms with E-state index in [-0.39, 0.29) is 11.3 Å². The second-order valence-corrected chi connectivity index (χ2v) is 5.14. The molecule has 0 spiro atoms. The predicted molar refractivity (Wildman–Crippen MR) is 70.8 cm³/mol. The third-order valence-electron chi connectivity index (χ3n) is 3.55. The van der Waals surface area contributed by atoms with E-state index in [1.54, 1.807) is 0 Å². The highest BCUT2D eigenvalue weighted by atomic mass is 16.2. The van der Waals surface area contributed by atoms with Crippen LogP contribution in [0.1, 0.15) is 33.1 Å². The zero-order valence-electron chi connectivity index (χ0n) is 10.5. The lowest BCUT2D eigenvalue weighted by atomic mass is 9.76. The molecule has 2 nitrogen and oxygen atoms in total. The van der Waals surface area contributed by atoms with Crippen LogP contribution in [0, 0.1) is 5.41 Å². The number of anilines is 1. The van der Waals surface area contributed by atoms with Crippen LogP contribution in [-0.2, 0) is 4.79 Å². The molecule has 17 heavy (non-hydrogen) atoms. The van der Waals surface area contributed by atoms with E-state index in [0.717, 1.165) is 24.9 Å². The third kappa shape index (κ3) is 2.76. The molecule has 2 heteroatoms. The van der Waals surface area contributed by atoms with Gasteiger partial charge in [0.1, 0.15) is 0 Å². The summed E-state index contributed by atoms with van der Waals surface area (Å²) in [5.41, 5.74) is 2.02. The number of para-hydroxylation sites is 1. The molecule has 0 unspecified atom stereocenters. The van der Waals surface area contributed by atoms with E-state index in [4.69, 9.17) is 0 Å². The number of carbonyl (C=O) groups excluding carboxylic acids is 1. The summed E-state index contributed by atoms with van der Waals surface area (Å²) in [6, 6.07) is 9.66. The number of hydrogen-bond donors (Lipinski definition) is 1. The zero-order valence-corrected chi connectivity index (χ0v) is 10.5. The summed E-state index contributed by atoms with van der Waals surface area (Å²) in [6.07, 6.45) is 5.00. The van der Waals surface area contributed by atoms with Crippen molar-refractivity contribution in [1.82, 2.24) is 0 Å². The molecular weight excluding hydrogens is 210 g/mol. The van der Waals surface area contributed by atoms with Crippen molar-refractivity contribution in [3.8, 4) is 0 Å². The van der Waals surface area contributed by atoms with Crippen LogP contribution in [0.4, 0.5) is 5.69 Å². The molecule has 0 fully saturated rings. The Kier molecular flexibility index (Phi) is 3.32. The highest BCUT2D eigenvalue weighted by molar-refractivity contribution is 5.95. The van der Waals surface area contributed by atoms with Crippen molar-refractivity contribution in [2.24, 2.45) is 5.41 Å². The Morgan fingerprint density at radius 3 is 2.59 bits per heavy atom. The van der Waals surface area contributed by atoms with Gasteiger partial charge in [0.25, 0.3) is 0 Å². The normalized spacial score (nSPS) is 24.0. The van der Waals surface area contributed by atoms with Crippen molar-refractivity contribution in [3.05, 3.63) is 42.0 Å². The van der Waals surface area contributed by atoms with Gasteiger partial charge in [-0.25, -0.2) is 0 Å². The Morgan fingerprint density at radius 2 is 2.00 bits per heavy atom. The van der Waals surface area contributed by atoms with Gasteiger partial charge in [-0.3, -0.25) is 4.79 Å². The zero-order chi connectivity index (χ0) is 12.3. The molecule has 2 rings (SSSR count). The average molecular weight is 229 g/mol. The first-order valence-electron chi connectivity index (χ1n) is 6.12. The molecule has 0 heterocycles. The van der Waals surface area contributed by atoms with Crippen LogP contribution in [0.15, 0.2) is 42.0 Å². The minimum atomic E-state index is -0.255. The highest BCUT2D eigenvalue weighted by Crippen LogP contribution is 2.35. The number of amides is 1. The van der Waals surface area contributed by atoms with Gasteiger partial charge in [0.05, 0.1) is 5.41 Å². The standard InChI is InChI=1S/C15H19NO/c1-12-8-10-15(2,11-9-12)14(17)16-13-6-4-3-5-7-13/h3-8H,9-11H2,1-2H3,(H,16,17)/t15-/m0/s1. The fraction of sp³-hybridized carbons (Fsp3) is 0.400. The van der Waals surface area contributed by atoms with Crippen LogP contribution in [0.2, 0.25) is 0 Å². The van der Waals surface area contributed by atoms with E-state index < -0.39 is 0 Å². The monoisotopic (exact) mass is 229 g/mol. The summed E-state index contributed by atoms with van der Waals surface area (Å²) >= 11 is 0. The van der Waals surface area contributed by atoms with E-state index in [1.165, 1.54) is 5.57 Å². The maximum atomic E-state index is 12.3. The molecule has 90 valence electrons. The van der Waals surface area contributed by atoms with Gasteiger partial charge in [-0.05, 0) is 38.3 Å². The van der Waals surface area contributed by atoms with Crippen LogP contribution >= 0.6 is 0 Å². The van der Waals surface area contributed by atoms with Gasteiger partial charge < -0.3 is 5.32 Å². The number of nitrogens with one attached hydrogen (secondary N) is 1. The van der Waals surface area contributed by atoms with Crippen LogP contribution in [-0.4, -0.2) is 5.91 Å². The number of carbonyl (C=O) groups is 1. The van der Waals surface area contributed by atoms with Crippen molar-refractivity contribution in [2.45, 2.75) is 33.1 Å². The van der Waals surface area contributed by atoms with Crippen LogP contribution in [0.25, 0.3) is 0 Å². The smallest absolute Gasteiger partial charge is 0.230 e. The van der Waals surface area contributed by atoms with Gasteiger partial charge in [0.2, 0.25) is 5.91 Å². The lowest BCUT2D eigenvalue weighted by molar-refractivity contribution is -0.125.